The lowest BCUT2D eigenvalue weighted by atomic mass is 10.1. The van der Waals surface area contributed by atoms with E-state index >= 15 is 0 Å². The Morgan fingerprint density at radius 2 is 1.62 bits per heavy atom. The summed E-state index contributed by atoms with van der Waals surface area (Å²) in [5.74, 6) is 3.71. The lowest BCUT2D eigenvalue weighted by Crippen LogP contribution is -1.97. The van der Waals surface area contributed by atoms with E-state index in [4.69, 9.17) is 15.5 Å². The number of nitrogens with one attached hydrogen (secondary N) is 1. The van der Waals surface area contributed by atoms with Crippen molar-refractivity contribution in [3.63, 3.8) is 0 Å². The van der Waals surface area contributed by atoms with Crippen LogP contribution in [0.25, 0.3) is 0 Å². The van der Waals surface area contributed by atoms with E-state index in [9.17, 15) is 0 Å². The maximum absolute atomic E-state index is 7.76. The molecule has 0 amide bonds. The van der Waals surface area contributed by atoms with E-state index < -0.39 is 8.63 Å². The van der Waals surface area contributed by atoms with Gasteiger partial charge >= 0.3 is 0 Å². The third kappa shape index (κ3) is 2.26. The molecule has 1 N–H and O–H groups in total. The van der Waals surface area contributed by atoms with E-state index in [0.29, 0.717) is 0 Å². The fourth-order valence-corrected chi connectivity index (χ4v) is 3.55. The Bertz CT molecular complexity index is 409. The molecule has 1 rings (SSSR count). The molecule has 0 saturated carbocycles. The van der Waals surface area contributed by atoms with Crippen molar-refractivity contribution in [3.05, 3.63) is 28.8 Å². The largest absolute Gasteiger partial charge is 0.268 e. The molecule has 0 radical (unpaired) electrons. The highest BCUT2D eigenvalue weighted by Crippen LogP contribution is 2.25. The zero-order valence-corrected chi connectivity index (χ0v) is 9.72. The first kappa shape index (κ1) is 10.6. The maximum atomic E-state index is 7.76. The molecule has 3 heteroatoms. The summed E-state index contributed by atoms with van der Waals surface area (Å²) in [4.78, 5) is 0.903. The predicted octanol–water partition coefficient (Wildman–Crippen LogP) is 3.47. The quantitative estimate of drug-likeness (QED) is 0.694. The van der Waals surface area contributed by atoms with Gasteiger partial charge in [0.15, 0.2) is 0 Å². The Balaban J connectivity index is 3.57. The third-order valence-electron chi connectivity index (χ3n) is 1.93. The van der Waals surface area contributed by atoms with Gasteiger partial charge in [0.1, 0.15) is 0 Å². The van der Waals surface area contributed by atoms with Crippen LogP contribution in [-0.4, -0.2) is 5.87 Å². The molecule has 1 aromatic carbocycles. The lowest BCUT2D eigenvalue weighted by Gasteiger charge is -2.12. The van der Waals surface area contributed by atoms with Crippen LogP contribution in [0, 0.1) is 25.6 Å². The van der Waals surface area contributed by atoms with Gasteiger partial charge in [-0.1, -0.05) is 17.7 Å². The highest BCUT2D eigenvalue weighted by molar-refractivity contribution is 8.21. The van der Waals surface area contributed by atoms with Crippen molar-refractivity contribution in [1.82, 2.24) is 0 Å². The standard InChI is InChI=1S/C10H14ClNS/c1-7-5-8(2)10(9(3)6-7)13(4,11)12/h5-6,12H,4H2,1-3H3. The average molecular weight is 216 g/mol. The SMILES string of the molecule is C=S(=N)(Cl)c1c(C)cc(C)cc1C. The van der Waals surface area contributed by atoms with Gasteiger partial charge in [-0.15, -0.1) is 0 Å². The first-order valence-electron chi connectivity index (χ1n) is 4.01. The van der Waals surface area contributed by atoms with E-state index in [-0.39, 0.29) is 0 Å². The van der Waals surface area contributed by atoms with Crippen LogP contribution in [0.5, 0.6) is 0 Å². The van der Waals surface area contributed by atoms with Crippen molar-refractivity contribution >= 4 is 25.2 Å². The second-order valence-corrected chi connectivity index (χ2v) is 6.68. The van der Waals surface area contributed by atoms with Gasteiger partial charge in [0.2, 0.25) is 0 Å². The zero-order chi connectivity index (χ0) is 10.2. The number of halogens is 1. The Kier molecular flexibility index (Phi) is 2.74. The van der Waals surface area contributed by atoms with Gasteiger partial charge < -0.3 is 0 Å². The topological polar surface area (TPSA) is 23.9 Å². The predicted molar refractivity (Wildman–Crippen MR) is 62.0 cm³/mol. The Hall–Kier alpha value is -0.470. The molecule has 0 heterocycles. The number of benzene rings is 1. The smallest absolute Gasteiger partial charge is 0.0314 e. The fraction of sp³-hybridized carbons (Fsp3) is 0.300. The summed E-state index contributed by atoms with van der Waals surface area (Å²) in [6.45, 7) is 6.01. The van der Waals surface area contributed by atoms with Crippen molar-refractivity contribution in [2.75, 3.05) is 0 Å². The second-order valence-electron chi connectivity index (χ2n) is 3.38. The Labute approximate surface area is 84.7 Å². The summed E-state index contributed by atoms with van der Waals surface area (Å²) in [5, 5.41) is 0. The van der Waals surface area contributed by atoms with Crippen molar-refractivity contribution < 1.29 is 0 Å². The molecule has 0 aliphatic heterocycles. The van der Waals surface area contributed by atoms with Gasteiger partial charge in [0, 0.05) is 4.90 Å². The van der Waals surface area contributed by atoms with E-state index in [1.165, 1.54) is 5.56 Å². The molecule has 0 fully saturated rings. The molecule has 0 aliphatic carbocycles. The minimum absolute atomic E-state index is 0.903. The van der Waals surface area contributed by atoms with Crippen LogP contribution in [0.2, 0.25) is 0 Å². The molecular formula is C10H14ClNS. The van der Waals surface area contributed by atoms with Crippen molar-refractivity contribution in [2.24, 2.45) is 0 Å². The Morgan fingerprint density at radius 3 is 1.92 bits per heavy atom. The maximum Gasteiger partial charge on any atom is 0.0314 e. The zero-order valence-electron chi connectivity index (χ0n) is 8.15. The average Bonchev–Trinajstić information content (AvgIpc) is 1.78. The van der Waals surface area contributed by atoms with Gasteiger partial charge in [0.25, 0.3) is 0 Å². The van der Waals surface area contributed by atoms with E-state index in [1.807, 2.05) is 32.9 Å². The van der Waals surface area contributed by atoms with Crippen LogP contribution in [0.3, 0.4) is 0 Å². The van der Waals surface area contributed by atoms with Gasteiger partial charge in [-0.05, 0) is 57.1 Å². The summed E-state index contributed by atoms with van der Waals surface area (Å²) in [6.07, 6.45) is 0. The monoisotopic (exact) mass is 215 g/mol. The highest BCUT2D eigenvalue weighted by Gasteiger charge is 2.08. The third-order valence-corrected chi connectivity index (χ3v) is 3.68. The van der Waals surface area contributed by atoms with Crippen LogP contribution in [0.4, 0.5) is 0 Å². The molecule has 72 valence electrons. The number of aryl methyl sites for hydroxylation is 3. The normalized spacial score (nSPS) is 15.4. The van der Waals surface area contributed by atoms with E-state index in [2.05, 4.69) is 5.87 Å². The molecular weight excluding hydrogens is 202 g/mol. The lowest BCUT2D eigenvalue weighted by molar-refractivity contribution is 1.18. The summed E-state index contributed by atoms with van der Waals surface area (Å²) in [7, 11) is 3.85. The van der Waals surface area contributed by atoms with Crippen LogP contribution in [0.1, 0.15) is 16.7 Å². The molecule has 13 heavy (non-hydrogen) atoms. The molecule has 1 nitrogen and oxygen atoms in total. The molecule has 1 unspecified atom stereocenters. The molecule has 0 bridgehead atoms. The number of hydrogen-bond acceptors (Lipinski definition) is 1. The summed E-state index contributed by atoms with van der Waals surface area (Å²) in [5.41, 5.74) is 3.36. The van der Waals surface area contributed by atoms with Crippen LogP contribution in [-0.2, 0) is 8.63 Å². The molecule has 0 aromatic heterocycles. The van der Waals surface area contributed by atoms with Crippen molar-refractivity contribution in [2.45, 2.75) is 25.7 Å². The number of hydrogen-bond donors (Lipinski definition) is 1. The molecule has 0 spiro atoms. The van der Waals surface area contributed by atoms with E-state index in [1.54, 1.807) is 0 Å². The van der Waals surface area contributed by atoms with Gasteiger partial charge in [-0.25, -0.2) is 0 Å². The van der Waals surface area contributed by atoms with Crippen molar-refractivity contribution in [1.29, 1.82) is 4.78 Å². The molecule has 0 aliphatic rings. The van der Waals surface area contributed by atoms with Gasteiger partial charge in [0.05, 0.1) is 0 Å². The first-order chi connectivity index (χ1) is 5.82. The summed E-state index contributed by atoms with van der Waals surface area (Å²) in [6, 6.07) is 4.10. The summed E-state index contributed by atoms with van der Waals surface area (Å²) < 4.78 is 7.76. The second kappa shape index (κ2) is 3.35. The van der Waals surface area contributed by atoms with E-state index in [0.717, 1.165) is 16.0 Å². The molecule has 1 atom stereocenters. The first-order valence-corrected chi connectivity index (χ1v) is 6.63. The number of rotatable bonds is 1. The van der Waals surface area contributed by atoms with Crippen LogP contribution < -0.4 is 0 Å². The van der Waals surface area contributed by atoms with Crippen molar-refractivity contribution in [3.8, 4) is 0 Å². The van der Waals surface area contributed by atoms with Crippen LogP contribution >= 0.6 is 10.7 Å². The molecule has 0 saturated heterocycles. The summed E-state index contributed by atoms with van der Waals surface area (Å²) >= 11 is 0. The van der Waals surface area contributed by atoms with Crippen LogP contribution in [0.15, 0.2) is 17.0 Å². The minimum atomic E-state index is -2.11. The minimum Gasteiger partial charge on any atom is -0.268 e. The Morgan fingerprint density at radius 1 is 1.23 bits per heavy atom. The fourth-order valence-electron chi connectivity index (χ4n) is 1.68. The highest BCUT2D eigenvalue weighted by atomic mass is 35.7. The molecule has 1 aromatic rings. The van der Waals surface area contributed by atoms with Gasteiger partial charge in [-0.3, -0.25) is 4.78 Å². The van der Waals surface area contributed by atoms with Gasteiger partial charge in [-0.2, -0.15) is 0 Å².